The third kappa shape index (κ3) is 5.73. The molecule has 4 nitrogen and oxygen atoms in total. The van der Waals surface area contributed by atoms with Gasteiger partial charge in [-0.25, -0.2) is 0 Å². The van der Waals surface area contributed by atoms with Gasteiger partial charge in [-0.2, -0.15) is 0 Å². The maximum atomic E-state index is 10.4. The Labute approximate surface area is 124 Å². The van der Waals surface area contributed by atoms with Crippen LogP contribution in [-0.4, -0.2) is 19.5 Å². The maximum Gasteiger partial charge on any atom is 0.284 e. The van der Waals surface area contributed by atoms with E-state index in [2.05, 4.69) is 0 Å². The average Bonchev–Trinajstić information content (AvgIpc) is 2.99. The zero-order valence-corrected chi connectivity index (χ0v) is 12.0. The molecule has 0 unspecified atom stereocenters. The maximum absolute atomic E-state index is 10.4. The van der Waals surface area contributed by atoms with Crippen LogP contribution in [0.3, 0.4) is 0 Å². The molecule has 0 fully saturated rings. The molecule has 0 amide bonds. The molecule has 1 heterocycles. The molecule has 21 heavy (non-hydrogen) atoms. The summed E-state index contributed by atoms with van der Waals surface area (Å²) in [5.74, 6) is 1.62. The number of carbonyl (C=O) groups excluding carboxylic acids is 1. The number of hydrogen-bond acceptors (Lipinski definition) is 4. The number of hydrogen-bond donors (Lipinski definition) is 0. The number of carbonyl (C=O) groups is 1. The molecule has 0 aliphatic heterocycles. The van der Waals surface area contributed by atoms with Crippen molar-refractivity contribution in [2.45, 2.75) is 25.7 Å². The Balaban J connectivity index is 1.46. The molecule has 2 aromatic rings. The van der Waals surface area contributed by atoms with Crippen molar-refractivity contribution in [2.24, 2.45) is 0 Å². The Kier molecular flexibility index (Phi) is 6.39. The summed E-state index contributed by atoms with van der Waals surface area (Å²) in [5.41, 5.74) is 0. The molecule has 2 rings (SSSR count). The van der Waals surface area contributed by atoms with Gasteiger partial charge >= 0.3 is 0 Å². The average molecular weight is 288 g/mol. The molecule has 1 aromatic carbocycles. The highest BCUT2D eigenvalue weighted by atomic mass is 16.6. The third-order valence-electron chi connectivity index (χ3n) is 3.01. The van der Waals surface area contributed by atoms with Crippen LogP contribution in [-0.2, 0) is 0 Å². The van der Waals surface area contributed by atoms with Gasteiger partial charge in [0.2, 0.25) is 0 Å². The van der Waals surface area contributed by atoms with Gasteiger partial charge in [-0.15, -0.1) is 0 Å². The van der Waals surface area contributed by atoms with E-state index in [0.29, 0.717) is 24.6 Å². The Morgan fingerprint density at radius 1 is 0.857 bits per heavy atom. The van der Waals surface area contributed by atoms with Crippen LogP contribution in [0.2, 0.25) is 0 Å². The SMILES string of the molecule is O=Cc1ccc(OCCCCCCOc2ccccc2)o1. The van der Waals surface area contributed by atoms with Gasteiger partial charge in [0.05, 0.1) is 13.2 Å². The van der Waals surface area contributed by atoms with Crippen LogP contribution in [0.1, 0.15) is 36.2 Å². The molecule has 0 N–H and O–H groups in total. The lowest BCUT2D eigenvalue weighted by Crippen LogP contribution is -1.99. The fourth-order valence-electron chi connectivity index (χ4n) is 1.91. The summed E-state index contributed by atoms with van der Waals surface area (Å²) in [6, 6.07) is 13.1. The van der Waals surface area contributed by atoms with Gasteiger partial charge in [0.1, 0.15) is 5.75 Å². The van der Waals surface area contributed by atoms with Crippen LogP contribution in [0, 0.1) is 0 Å². The van der Waals surface area contributed by atoms with Crippen LogP contribution < -0.4 is 9.47 Å². The van der Waals surface area contributed by atoms with Crippen molar-refractivity contribution >= 4 is 6.29 Å². The first-order valence-electron chi connectivity index (χ1n) is 7.24. The lowest BCUT2D eigenvalue weighted by Gasteiger charge is -2.06. The Morgan fingerprint density at radius 3 is 2.24 bits per heavy atom. The predicted octanol–water partition coefficient (Wildman–Crippen LogP) is 4.11. The van der Waals surface area contributed by atoms with Gasteiger partial charge in [0.15, 0.2) is 12.0 Å². The van der Waals surface area contributed by atoms with Gasteiger partial charge in [0.25, 0.3) is 5.95 Å². The lowest BCUT2D eigenvalue weighted by atomic mass is 10.2. The zero-order chi connectivity index (χ0) is 14.8. The highest BCUT2D eigenvalue weighted by Crippen LogP contribution is 2.15. The molecule has 0 saturated heterocycles. The van der Waals surface area contributed by atoms with E-state index in [1.54, 1.807) is 12.1 Å². The van der Waals surface area contributed by atoms with E-state index >= 15 is 0 Å². The number of para-hydroxylation sites is 1. The number of furan rings is 1. The van der Waals surface area contributed by atoms with E-state index in [9.17, 15) is 4.79 Å². The first-order chi connectivity index (χ1) is 10.4. The molecule has 0 bridgehead atoms. The van der Waals surface area contributed by atoms with Crippen molar-refractivity contribution in [1.82, 2.24) is 0 Å². The summed E-state index contributed by atoms with van der Waals surface area (Å²) < 4.78 is 16.1. The van der Waals surface area contributed by atoms with Crippen molar-refractivity contribution in [1.29, 1.82) is 0 Å². The molecule has 0 aliphatic rings. The molecular weight excluding hydrogens is 268 g/mol. The van der Waals surface area contributed by atoms with Crippen molar-refractivity contribution < 1.29 is 18.7 Å². The van der Waals surface area contributed by atoms with E-state index < -0.39 is 0 Å². The first-order valence-corrected chi connectivity index (χ1v) is 7.24. The number of unbranched alkanes of at least 4 members (excludes halogenated alkanes) is 3. The second kappa shape index (κ2) is 8.84. The minimum Gasteiger partial charge on any atom is -0.494 e. The summed E-state index contributed by atoms with van der Waals surface area (Å²) >= 11 is 0. The van der Waals surface area contributed by atoms with Gasteiger partial charge in [0, 0.05) is 6.07 Å². The van der Waals surface area contributed by atoms with E-state index in [-0.39, 0.29) is 0 Å². The van der Waals surface area contributed by atoms with Gasteiger partial charge < -0.3 is 13.9 Å². The zero-order valence-electron chi connectivity index (χ0n) is 12.0. The van der Waals surface area contributed by atoms with Crippen molar-refractivity contribution in [3.05, 3.63) is 48.2 Å². The summed E-state index contributed by atoms with van der Waals surface area (Å²) in [6.45, 7) is 1.34. The van der Waals surface area contributed by atoms with E-state index in [1.165, 1.54) is 0 Å². The number of ether oxygens (including phenoxy) is 2. The van der Waals surface area contributed by atoms with E-state index in [0.717, 1.165) is 38.0 Å². The molecule has 0 atom stereocenters. The topological polar surface area (TPSA) is 48.7 Å². The minimum atomic E-state index is 0.295. The van der Waals surface area contributed by atoms with Gasteiger partial charge in [-0.05, 0) is 43.9 Å². The first kappa shape index (κ1) is 15.2. The molecule has 4 heteroatoms. The largest absolute Gasteiger partial charge is 0.494 e. The molecule has 112 valence electrons. The van der Waals surface area contributed by atoms with Gasteiger partial charge in [-0.3, -0.25) is 4.79 Å². The highest BCUT2D eigenvalue weighted by Gasteiger charge is 2.01. The summed E-state index contributed by atoms with van der Waals surface area (Å²) in [5, 5.41) is 0. The van der Waals surface area contributed by atoms with Crippen molar-refractivity contribution in [3.63, 3.8) is 0 Å². The normalized spacial score (nSPS) is 10.3. The highest BCUT2D eigenvalue weighted by molar-refractivity contribution is 5.70. The summed E-state index contributed by atoms with van der Waals surface area (Å²) in [7, 11) is 0. The van der Waals surface area contributed by atoms with E-state index in [4.69, 9.17) is 13.9 Å². The quantitative estimate of drug-likeness (QED) is 0.487. The molecular formula is C17H20O4. The Bertz CT molecular complexity index is 519. The number of rotatable bonds is 10. The van der Waals surface area contributed by atoms with Crippen molar-refractivity contribution in [3.8, 4) is 11.7 Å². The molecule has 0 spiro atoms. The second-order valence-electron chi connectivity index (χ2n) is 4.70. The second-order valence-corrected chi connectivity index (χ2v) is 4.70. The Morgan fingerprint density at radius 2 is 1.57 bits per heavy atom. The number of benzene rings is 1. The Hall–Kier alpha value is -2.23. The molecule has 0 aliphatic carbocycles. The van der Waals surface area contributed by atoms with Crippen molar-refractivity contribution in [2.75, 3.05) is 13.2 Å². The fraction of sp³-hybridized carbons (Fsp3) is 0.353. The molecule has 1 aromatic heterocycles. The number of aldehydes is 1. The van der Waals surface area contributed by atoms with Crippen LogP contribution in [0.5, 0.6) is 11.7 Å². The fourth-order valence-corrected chi connectivity index (χ4v) is 1.91. The van der Waals surface area contributed by atoms with Crippen LogP contribution in [0.25, 0.3) is 0 Å². The predicted molar refractivity (Wildman–Crippen MR) is 80.0 cm³/mol. The smallest absolute Gasteiger partial charge is 0.284 e. The van der Waals surface area contributed by atoms with Gasteiger partial charge in [-0.1, -0.05) is 18.2 Å². The lowest BCUT2D eigenvalue weighted by molar-refractivity contribution is 0.109. The minimum absolute atomic E-state index is 0.295. The molecule has 0 radical (unpaired) electrons. The third-order valence-corrected chi connectivity index (χ3v) is 3.01. The van der Waals surface area contributed by atoms with E-state index in [1.807, 2.05) is 30.3 Å². The van der Waals surface area contributed by atoms with Crippen LogP contribution >= 0.6 is 0 Å². The van der Waals surface area contributed by atoms with Crippen LogP contribution in [0.4, 0.5) is 0 Å². The molecule has 0 saturated carbocycles. The van der Waals surface area contributed by atoms with Crippen LogP contribution in [0.15, 0.2) is 46.9 Å². The summed E-state index contributed by atoms with van der Waals surface area (Å²) in [6.07, 6.45) is 4.85. The monoisotopic (exact) mass is 288 g/mol. The summed E-state index contributed by atoms with van der Waals surface area (Å²) in [4.78, 5) is 10.4. The standard InChI is InChI=1S/C17H20O4/c18-14-16-10-11-17(21-16)20-13-7-2-1-6-12-19-15-8-4-3-5-9-15/h3-5,8-11,14H,1-2,6-7,12-13H2.